The molecule has 0 bridgehead atoms. The van der Waals surface area contributed by atoms with Crippen LogP contribution in [0.25, 0.3) is 5.69 Å². The number of anilines is 1. The predicted molar refractivity (Wildman–Crippen MR) is 63.7 cm³/mol. The lowest BCUT2D eigenvalue weighted by atomic mass is 10.2. The Balaban J connectivity index is 2.39. The molecule has 4 heteroatoms. The van der Waals surface area contributed by atoms with Crippen molar-refractivity contribution < 1.29 is 4.74 Å². The summed E-state index contributed by atoms with van der Waals surface area (Å²) in [6.07, 6.45) is 6.98. The minimum atomic E-state index is 0.450. The molecular formula is C12H13N3O. The van der Waals surface area contributed by atoms with E-state index in [1.165, 1.54) is 0 Å². The van der Waals surface area contributed by atoms with E-state index < -0.39 is 0 Å². The first-order chi connectivity index (χ1) is 7.81. The van der Waals surface area contributed by atoms with Crippen LogP contribution in [0.1, 0.15) is 0 Å². The Morgan fingerprint density at radius 2 is 2.38 bits per heavy atom. The van der Waals surface area contributed by atoms with E-state index in [1.807, 2.05) is 22.9 Å². The second kappa shape index (κ2) is 4.53. The molecule has 1 aromatic heterocycles. The van der Waals surface area contributed by atoms with Crippen LogP contribution in [-0.4, -0.2) is 16.2 Å². The van der Waals surface area contributed by atoms with Gasteiger partial charge < -0.3 is 15.0 Å². The van der Waals surface area contributed by atoms with Crippen molar-refractivity contribution >= 4 is 5.69 Å². The maximum atomic E-state index is 5.72. The molecule has 2 aromatic rings. The van der Waals surface area contributed by atoms with E-state index in [4.69, 9.17) is 10.5 Å². The molecule has 0 saturated heterocycles. The number of nitrogens with two attached hydrogens (primary N) is 1. The van der Waals surface area contributed by atoms with Gasteiger partial charge in [0.2, 0.25) is 0 Å². The summed E-state index contributed by atoms with van der Waals surface area (Å²) in [5.74, 6) is 0.720. The van der Waals surface area contributed by atoms with Crippen LogP contribution in [0, 0.1) is 0 Å². The zero-order chi connectivity index (χ0) is 11.4. The van der Waals surface area contributed by atoms with Gasteiger partial charge >= 0.3 is 0 Å². The van der Waals surface area contributed by atoms with Crippen LogP contribution >= 0.6 is 0 Å². The van der Waals surface area contributed by atoms with Gasteiger partial charge in [0.05, 0.1) is 12.0 Å². The molecule has 0 spiro atoms. The second-order valence-corrected chi connectivity index (χ2v) is 3.30. The highest BCUT2D eigenvalue weighted by molar-refractivity contribution is 5.55. The number of nitrogen functional groups attached to an aromatic ring is 1. The summed E-state index contributed by atoms with van der Waals surface area (Å²) in [6.45, 7) is 4.06. The summed E-state index contributed by atoms with van der Waals surface area (Å²) in [6, 6.07) is 5.52. The number of hydrogen-bond acceptors (Lipinski definition) is 3. The standard InChI is InChI=1S/C12H13N3O/c1-2-7-16-12-8-10(13)3-4-11(12)15-6-5-14-9-15/h2-6,8-9H,1,7,13H2. The minimum Gasteiger partial charge on any atom is -0.487 e. The van der Waals surface area contributed by atoms with E-state index >= 15 is 0 Å². The van der Waals surface area contributed by atoms with Crippen LogP contribution in [0.4, 0.5) is 5.69 Å². The van der Waals surface area contributed by atoms with Crippen LogP contribution in [0.3, 0.4) is 0 Å². The maximum absolute atomic E-state index is 5.72. The molecule has 0 aliphatic heterocycles. The van der Waals surface area contributed by atoms with Crippen molar-refractivity contribution in [2.75, 3.05) is 12.3 Å². The number of hydrogen-bond donors (Lipinski definition) is 1. The highest BCUT2D eigenvalue weighted by Gasteiger charge is 2.05. The number of nitrogens with zero attached hydrogens (tertiary/aromatic N) is 2. The van der Waals surface area contributed by atoms with Gasteiger partial charge in [-0.15, -0.1) is 0 Å². The number of ether oxygens (including phenoxy) is 1. The monoisotopic (exact) mass is 215 g/mol. The van der Waals surface area contributed by atoms with Crippen LogP contribution in [-0.2, 0) is 0 Å². The van der Waals surface area contributed by atoms with Gasteiger partial charge in [0.15, 0.2) is 0 Å². The van der Waals surface area contributed by atoms with Crippen molar-refractivity contribution in [1.29, 1.82) is 0 Å². The highest BCUT2D eigenvalue weighted by atomic mass is 16.5. The minimum absolute atomic E-state index is 0.450. The smallest absolute Gasteiger partial charge is 0.145 e. The Kier molecular flexibility index (Phi) is 2.91. The zero-order valence-corrected chi connectivity index (χ0v) is 8.84. The molecule has 0 aliphatic rings. The SMILES string of the molecule is C=CCOc1cc(N)ccc1-n1ccnc1. The lowest BCUT2D eigenvalue weighted by molar-refractivity contribution is 0.362. The highest BCUT2D eigenvalue weighted by Crippen LogP contribution is 2.25. The first-order valence-corrected chi connectivity index (χ1v) is 4.93. The van der Waals surface area contributed by atoms with Gasteiger partial charge in [-0.3, -0.25) is 0 Å². The van der Waals surface area contributed by atoms with Crippen molar-refractivity contribution in [3.8, 4) is 11.4 Å². The fourth-order valence-electron chi connectivity index (χ4n) is 1.41. The Bertz CT molecular complexity index is 477. The van der Waals surface area contributed by atoms with Crippen LogP contribution in [0.5, 0.6) is 5.75 Å². The molecule has 2 N–H and O–H groups in total. The Morgan fingerprint density at radius 3 is 3.06 bits per heavy atom. The van der Waals surface area contributed by atoms with E-state index in [9.17, 15) is 0 Å². The predicted octanol–water partition coefficient (Wildman–Crippen LogP) is 2.02. The van der Waals surface area contributed by atoms with Crippen molar-refractivity contribution in [2.24, 2.45) is 0 Å². The molecule has 1 heterocycles. The maximum Gasteiger partial charge on any atom is 0.145 e. The lowest BCUT2D eigenvalue weighted by Crippen LogP contribution is -2.00. The van der Waals surface area contributed by atoms with Gasteiger partial charge in [-0.2, -0.15) is 0 Å². The normalized spacial score (nSPS) is 10.0. The number of imidazole rings is 1. The summed E-state index contributed by atoms with van der Waals surface area (Å²) in [4.78, 5) is 4.00. The summed E-state index contributed by atoms with van der Waals surface area (Å²) in [5, 5.41) is 0. The van der Waals surface area contributed by atoms with Gasteiger partial charge in [-0.25, -0.2) is 4.98 Å². The van der Waals surface area contributed by atoms with Crippen molar-refractivity contribution in [1.82, 2.24) is 9.55 Å². The molecule has 0 atom stereocenters. The molecule has 4 nitrogen and oxygen atoms in total. The molecule has 1 aromatic carbocycles. The Labute approximate surface area is 94.0 Å². The fourth-order valence-corrected chi connectivity index (χ4v) is 1.41. The quantitative estimate of drug-likeness (QED) is 0.627. The largest absolute Gasteiger partial charge is 0.487 e. The van der Waals surface area contributed by atoms with Gasteiger partial charge in [0.25, 0.3) is 0 Å². The van der Waals surface area contributed by atoms with E-state index in [-0.39, 0.29) is 0 Å². The van der Waals surface area contributed by atoms with E-state index in [2.05, 4.69) is 11.6 Å². The third-order valence-corrected chi connectivity index (χ3v) is 2.12. The van der Waals surface area contributed by atoms with Crippen molar-refractivity contribution in [2.45, 2.75) is 0 Å². The first-order valence-electron chi connectivity index (χ1n) is 4.93. The molecule has 82 valence electrons. The Hall–Kier alpha value is -2.23. The molecule has 2 rings (SSSR count). The van der Waals surface area contributed by atoms with Crippen molar-refractivity contribution in [3.63, 3.8) is 0 Å². The van der Waals surface area contributed by atoms with E-state index in [0.717, 1.165) is 11.4 Å². The lowest BCUT2D eigenvalue weighted by Gasteiger charge is -2.11. The number of rotatable bonds is 4. The van der Waals surface area contributed by atoms with Gasteiger partial charge in [0, 0.05) is 24.1 Å². The number of benzene rings is 1. The average molecular weight is 215 g/mol. The molecule has 16 heavy (non-hydrogen) atoms. The van der Waals surface area contributed by atoms with Crippen LogP contribution in [0.2, 0.25) is 0 Å². The molecule has 0 unspecified atom stereocenters. The second-order valence-electron chi connectivity index (χ2n) is 3.30. The summed E-state index contributed by atoms with van der Waals surface area (Å²) in [7, 11) is 0. The molecule has 0 saturated carbocycles. The molecule has 0 aliphatic carbocycles. The van der Waals surface area contributed by atoms with Crippen molar-refractivity contribution in [3.05, 3.63) is 49.6 Å². The molecule has 0 radical (unpaired) electrons. The molecule has 0 amide bonds. The van der Waals surface area contributed by atoms with Gasteiger partial charge in [0.1, 0.15) is 12.4 Å². The fraction of sp³-hybridized carbons (Fsp3) is 0.0833. The van der Waals surface area contributed by atoms with Crippen LogP contribution < -0.4 is 10.5 Å². The number of aromatic nitrogens is 2. The zero-order valence-electron chi connectivity index (χ0n) is 8.84. The third-order valence-electron chi connectivity index (χ3n) is 2.12. The van der Waals surface area contributed by atoms with Gasteiger partial charge in [-0.1, -0.05) is 12.7 Å². The molecular weight excluding hydrogens is 202 g/mol. The molecule has 0 fully saturated rings. The third kappa shape index (κ3) is 2.06. The van der Waals surface area contributed by atoms with E-state index in [0.29, 0.717) is 12.3 Å². The first kappa shape index (κ1) is 10.3. The Morgan fingerprint density at radius 1 is 1.50 bits per heavy atom. The summed E-state index contributed by atoms with van der Waals surface area (Å²) in [5.41, 5.74) is 7.30. The van der Waals surface area contributed by atoms with Crippen LogP contribution in [0.15, 0.2) is 49.6 Å². The summed E-state index contributed by atoms with van der Waals surface area (Å²) >= 11 is 0. The average Bonchev–Trinajstić information content (AvgIpc) is 2.80. The van der Waals surface area contributed by atoms with E-state index in [1.54, 1.807) is 24.7 Å². The van der Waals surface area contributed by atoms with Gasteiger partial charge in [-0.05, 0) is 12.1 Å². The summed E-state index contributed by atoms with van der Waals surface area (Å²) < 4.78 is 7.42. The topological polar surface area (TPSA) is 53.1 Å².